The van der Waals surface area contributed by atoms with E-state index in [2.05, 4.69) is 23.5 Å². The Balaban J connectivity index is 2.55. The molecule has 0 aliphatic heterocycles. The van der Waals surface area contributed by atoms with Gasteiger partial charge in [0.25, 0.3) is 0 Å². The van der Waals surface area contributed by atoms with Crippen LogP contribution in [0.3, 0.4) is 0 Å². The number of thiophene rings is 1. The molecule has 0 spiro atoms. The lowest BCUT2D eigenvalue weighted by atomic mass is 10.2. The number of aryl methyl sites for hydroxylation is 1. The second-order valence-corrected chi connectivity index (χ2v) is 3.86. The fraction of sp³-hybridized carbons (Fsp3) is 0.222. The first-order chi connectivity index (χ1) is 6.33. The molecule has 2 rings (SSSR count). The van der Waals surface area contributed by atoms with Crippen LogP contribution in [-0.2, 0) is 6.54 Å². The van der Waals surface area contributed by atoms with Crippen LogP contribution in [0.15, 0.2) is 23.0 Å². The molecule has 0 saturated carbocycles. The smallest absolute Gasteiger partial charge is 0.0877 e. The van der Waals surface area contributed by atoms with Gasteiger partial charge in [-0.25, -0.2) is 0 Å². The lowest BCUT2D eigenvalue weighted by molar-refractivity contribution is 0.667. The van der Waals surface area contributed by atoms with E-state index in [0.717, 1.165) is 22.8 Å². The number of rotatable bonds is 2. The molecule has 2 aromatic heterocycles. The minimum absolute atomic E-state index is 0.722. The first-order valence-electron chi connectivity index (χ1n) is 4.06. The minimum Gasteiger partial charge on any atom is -0.264 e. The Morgan fingerprint density at radius 1 is 1.62 bits per heavy atom. The van der Waals surface area contributed by atoms with Crippen LogP contribution in [0.25, 0.3) is 11.3 Å². The lowest BCUT2D eigenvalue weighted by Crippen LogP contribution is -1.97. The summed E-state index contributed by atoms with van der Waals surface area (Å²) in [5, 5.41) is 9.02. The average molecular weight is 213 g/mol. The predicted molar refractivity (Wildman–Crippen MR) is 56.2 cm³/mol. The molecule has 0 unspecified atom stereocenters. The van der Waals surface area contributed by atoms with Crippen LogP contribution in [0, 0.1) is 0 Å². The van der Waals surface area contributed by atoms with Gasteiger partial charge in [0.15, 0.2) is 0 Å². The van der Waals surface area contributed by atoms with Gasteiger partial charge in [-0.1, -0.05) is 11.6 Å². The summed E-state index contributed by atoms with van der Waals surface area (Å²) < 4.78 is 1.91. The van der Waals surface area contributed by atoms with Gasteiger partial charge in [-0.2, -0.15) is 16.4 Å². The third kappa shape index (κ3) is 1.49. The van der Waals surface area contributed by atoms with E-state index in [-0.39, 0.29) is 0 Å². The number of aromatic nitrogens is 2. The monoisotopic (exact) mass is 212 g/mol. The van der Waals surface area contributed by atoms with E-state index in [1.165, 1.54) is 0 Å². The largest absolute Gasteiger partial charge is 0.264 e. The molecule has 13 heavy (non-hydrogen) atoms. The Bertz CT molecular complexity index is 392. The van der Waals surface area contributed by atoms with Crippen LogP contribution in [0.1, 0.15) is 6.92 Å². The van der Waals surface area contributed by atoms with Crippen molar-refractivity contribution in [3.63, 3.8) is 0 Å². The Morgan fingerprint density at radius 3 is 3.08 bits per heavy atom. The summed E-state index contributed by atoms with van der Waals surface area (Å²) >= 11 is 7.70. The van der Waals surface area contributed by atoms with Crippen molar-refractivity contribution in [2.24, 2.45) is 0 Å². The molecule has 4 heteroatoms. The topological polar surface area (TPSA) is 17.8 Å². The zero-order valence-corrected chi connectivity index (χ0v) is 8.77. The maximum absolute atomic E-state index is 6.04. The third-order valence-electron chi connectivity index (χ3n) is 1.89. The highest BCUT2D eigenvalue weighted by Crippen LogP contribution is 2.28. The third-order valence-corrected chi connectivity index (χ3v) is 2.85. The van der Waals surface area contributed by atoms with Crippen molar-refractivity contribution in [1.82, 2.24) is 9.78 Å². The summed E-state index contributed by atoms with van der Waals surface area (Å²) in [6, 6.07) is 2.06. The van der Waals surface area contributed by atoms with Crippen molar-refractivity contribution in [1.29, 1.82) is 0 Å². The van der Waals surface area contributed by atoms with Crippen molar-refractivity contribution in [2.45, 2.75) is 13.5 Å². The van der Waals surface area contributed by atoms with Crippen molar-refractivity contribution >= 4 is 22.9 Å². The summed E-state index contributed by atoms with van der Waals surface area (Å²) in [6.07, 6.45) is 1.69. The molecule has 0 bridgehead atoms. The molecule has 68 valence electrons. The fourth-order valence-electron chi connectivity index (χ4n) is 1.29. The SMILES string of the molecule is CCn1ncc(Cl)c1-c1ccsc1. The second kappa shape index (κ2) is 3.52. The van der Waals surface area contributed by atoms with E-state index < -0.39 is 0 Å². The van der Waals surface area contributed by atoms with Crippen molar-refractivity contribution < 1.29 is 0 Å². The molecule has 0 saturated heterocycles. The Morgan fingerprint density at radius 2 is 2.46 bits per heavy atom. The Hall–Kier alpha value is -0.800. The number of nitrogens with zero attached hydrogens (tertiary/aromatic N) is 2. The highest BCUT2D eigenvalue weighted by molar-refractivity contribution is 7.08. The van der Waals surface area contributed by atoms with E-state index in [0.29, 0.717) is 0 Å². The summed E-state index contributed by atoms with van der Waals surface area (Å²) in [4.78, 5) is 0. The van der Waals surface area contributed by atoms with Crippen LogP contribution >= 0.6 is 22.9 Å². The molecule has 0 aromatic carbocycles. The van der Waals surface area contributed by atoms with E-state index >= 15 is 0 Å². The van der Waals surface area contributed by atoms with Crippen molar-refractivity contribution in [3.8, 4) is 11.3 Å². The molecule has 2 nitrogen and oxygen atoms in total. The lowest BCUT2D eigenvalue weighted by Gasteiger charge is -2.02. The molecule has 2 aromatic rings. The van der Waals surface area contributed by atoms with Crippen LogP contribution in [-0.4, -0.2) is 9.78 Å². The van der Waals surface area contributed by atoms with Gasteiger partial charge < -0.3 is 0 Å². The molecule has 0 amide bonds. The molecular formula is C9H9ClN2S. The number of hydrogen-bond acceptors (Lipinski definition) is 2. The maximum atomic E-state index is 6.04. The standard InChI is InChI=1S/C9H9ClN2S/c1-2-12-9(8(10)5-11-12)7-3-4-13-6-7/h3-6H,2H2,1H3. The summed E-state index contributed by atoms with van der Waals surface area (Å²) in [6.45, 7) is 2.90. The molecule has 0 fully saturated rings. The fourth-order valence-corrected chi connectivity index (χ4v) is 2.18. The van der Waals surface area contributed by atoms with Crippen LogP contribution in [0.4, 0.5) is 0 Å². The molecule has 0 N–H and O–H groups in total. The highest BCUT2D eigenvalue weighted by Gasteiger charge is 2.09. The van der Waals surface area contributed by atoms with Crippen molar-refractivity contribution in [3.05, 3.63) is 28.0 Å². The van der Waals surface area contributed by atoms with Gasteiger partial charge in [-0.05, 0) is 18.4 Å². The van der Waals surface area contributed by atoms with Crippen molar-refractivity contribution in [2.75, 3.05) is 0 Å². The first kappa shape index (κ1) is 8.78. The van der Waals surface area contributed by atoms with Crippen LogP contribution < -0.4 is 0 Å². The summed E-state index contributed by atoms with van der Waals surface area (Å²) in [5.74, 6) is 0. The molecular weight excluding hydrogens is 204 g/mol. The average Bonchev–Trinajstić information content (AvgIpc) is 2.72. The van der Waals surface area contributed by atoms with E-state index in [9.17, 15) is 0 Å². The van der Waals surface area contributed by atoms with Gasteiger partial charge in [0.05, 0.1) is 16.9 Å². The van der Waals surface area contributed by atoms with Gasteiger partial charge >= 0.3 is 0 Å². The van der Waals surface area contributed by atoms with Gasteiger partial charge in [-0.3, -0.25) is 4.68 Å². The highest BCUT2D eigenvalue weighted by atomic mass is 35.5. The van der Waals surface area contributed by atoms with Crippen LogP contribution in [0.5, 0.6) is 0 Å². The quantitative estimate of drug-likeness (QED) is 0.747. The summed E-state index contributed by atoms with van der Waals surface area (Å²) in [7, 11) is 0. The molecule has 0 aliphatic carbocycles. The van der Waals surface area contributed by atoms with E-state index in [4.69, 9.17) is 11.6 Å². The zero-order valence-electron chi connectivity index (χ0n) is 7.20. The van der Waals surface area contributed by atoms with Gasteiger partial charge in [-0.15, -0.1) is 0 Å². The molecule has 0 radical (unpaired) electrons. The van der Waals surface area contributed by atoms with E-state index in [1.54, 1.807) is 17.5 Å². The van der Waals surface area contributed by atoms with Crippen LogP contribution in [0.2, 0.25) is 5.02 Å². The van der Waals surface area contributed by atoms with Gasteiger partial charge in [0.1, 0.15) is 0 Å². The molecule has 0 atom stereocenters. The zero-order chi connectivity index (χ0) is 9.26. The van der Waals surface area contributed by atoms with E-state index in [1.807, 2.05) is 10.1 Å². The van der Waals surface area contributed by atoms with Gasteiger partial charge in [0.2, 0.25) is 0 Å². The molecule has 0 aliphatic rings. The normalized spacial score (nSPS) is 10.6. The minimum atomic E-state index is 0.722. The number of hydrogen-bond donors (Lipinski definition) is 0. The maximum Gasteiger partial charge on any atom is 0.0877 e. The Labute approximate surface area is 85.8 Å². The Kier molecular flexibility index (Phi) is 2.38. The number of halogens is 1. The summed E-state index contributed by atoms with van der Waals surface area (Å²) in [5.41, 5.74) is 2.17. The van der Waals surface area contributed by atoms with Gasteiger partial charge in [0, 0.05) is 17.5 Å². The molecule has 2 heterocycles. The predicted octanol–water partition coefficient (Wildman–Crippen LogP) is 3.28. The second-order valence-electron chi connectivity index (χ2n) is 2.67. The first-order valence-corrected chi connectivity index (χ1v) is 5.39.